The minimum Gasteiger partial charge on any atom is -0.347 e. The second-order valence-corrected chi connectivity index (χ2v) is 6.71. The molecule has 3 amide bonds. The number of likely N-dealkylation sites (N-methyl/N-ethyl adjacent to an activating group) is 1. The lowest BCUT2D eigenvalue weighted by atomic mass is 10.1. The topological polar surface area (TPSA) is 78.5 Å². The molecule has 126 valence electrons. The van der Waals surface area contributed by atoms with Crippen LogP contribution in [0, 0.1) is 0 Å². The zero-order valence-corrected chi connectivity index (χ0v) is 14.6. The molecule has 0 aromatic heterocycles. The summed E-state index contributed by atoms with van der Waals surface area (Å²) < 4.78 is 0. The highest BCUT2D eigenvalue weighted by atomic mass is 16.2. The number of hydrogen-bond donors (Lipinski definition) is 2. The van der Waals surface area contributed by atoms with Crippen LogP contribution in [0.25, 0.3) is 0 Å². The van der Waals surface area contributed by atoms with Gasteiger partial charge >= 0.3 is 0 Å². The molecule has 0 spiro atoms. The van der Waals surface area contributed by atoms with E-state index < -0.39 is 6.04 Å². The largest absolute Gasteiger partial charge is 0.347 e. The molecule has 6 nitrogen and oxygen atoms in total. The maximum Gasteiger partial charge on any atom is 0.251 e. The number of carbonyl (C=O) groups excluding carboxylic acids is 3. The summed E-state index contributed by atoms with van der Waals surface area (Å²) in [6, 6.07) is 5.71. The average molecular weight is 319 g/mol. The lowest BCUT2D eigenvalue weighted by molar-refractivity contribution is -0.130. The van der Waals surface area contributed by atoms with Crippen molar-refractivity contribution in [3.8, 4) is 0 Å². The van der Waals surface area contributed by atoms with Crippen molar-refractivity contribution >= 4 is 17.7 Å². The van der Waals surface area contributed by atoms with Gasteiger partial charge in [0.05, 0.1) is 0 Å². The quantitative estimate of drug-likeness (QED) is 0.881. The lowest BCUT2D eigenvalue weighted by Gasteiger charge is -2.20. The van der Waals surface area contributed by atoms with E-state index in [9.17, 15) is 14.4 Å². The van der Waals surface area contributed by atoms with E-state index in [1.165, 1.54) is 4.90 Å². The number of nitrogens with zero attached hydrogens (tertiary/aromatic N) is 1. The van der Waals surface area contributed by atoms with Crippen LogP contribution in [0.15, 0.2) is 24.3 Å². The normalized spacial score (nSPS) is 12.3. The van der Waals surface area contributed by atoms with Gasteiger partial charge in [0.2, 0.25) is 5.91 Å². The van der Waals surface area contributed by atoms with Gasteiger partial charge in [-0.15, -0.1) is 0 Å². The molecule has 0 heterocycles. The van der Waals surface area contributed by atoms with Crippen molar-refractivity contribution < 1.29 is 14.4 Å². The van der Waals surface area contributed by atoms with Gasteiger partial charge in [0.15, 0.2) is 0 Å². The van der Waals surface area contributed by atoms with Crippen LogP contribution in [0.3, 0.4) is 0 Å². The number of nitrogens with one attached hydrogen (secondary N) is 2. The summed E-state index contributed by atoms with van der Waals surface area (Å²) >= 11 is 0. The highest BCUT2D eigenvalue weighted by Gasteiger charge is 2.19. The molecule has 0 aliphatic heterocycles. The zero-order chi connectivity index (χ0) is 17.8. The van der Waals surface area contributed by atoms with E-state index in [4.69, 9.17) is 0 Å². The second kappa shape index (κ2) is 7.26. The number of carbonyl (C=O) groups is 3. The number of rotatable bonds is 4. The van der Waals surface area contributed by atoms with Gasteiger partial charge < -0.3 is 15.5 Å². The van der Waals surface area contributed by atoms with Crippen LogP contribution in [0.4, 0.5) is 0 Å². The summed E-state index contributed by atoms with van der Waals surface area (Å²) in [4.78, 5) is 37.3. The van der Waals surface area contributed by atoms with Crippen LogP contribution < -0.4 is 10.6 Å². The Kier molecular flexibility index (Phi) is 5.90. The smallest absolute Gasteiger partial charge is 0.251 e. The molecule has 0 aliphatic rings. The van der Waals surface area contributed by atoms with E-state index in [1.54, 1.807) is 45.3 Å². The van der Waals surface area contributed by atoms with E-state index in [0.29, 0.717) is 11.1 Å². The fourth-order valence-corrected chi connectivity index (χ4v) is 1.91. The Balaban J connectivity index is 2.75. The first kappa shape index (κ1) is 18.7. The van der Waals surface area contributed by atoms with Gasteiger partial charge in [-0.2, -0.15) is 0 Å². The predicted octanol–water partition coefficient (Wildman–Crippen LogP) is 1.42. The summed E-state index contributed by atoms with van der Waals surface area (Å²) in [5, 5.41) is 5.49. The Labute approximate surface area is 137 Å². The second-order valence-electron chi connectivity index (χ2n) is 6.71. The first-order chi connectivity index (χ1) is 10.5. The van der Waals surface area contributed by atoms with Gasteiger partial charge in [-0.3, -0.25) is 14.4 Å². The van der Waals surface area contributed by atoms with Crippen molar-refractivity contribution in [2.45, 2.75) is 39.3 Å². The zero-order valence-electron chi connectivity index (χ0n) is 14.6. The van der Waals surface area contributed by atoms with Crippen molar-refractivity contribution in [1.29, 1.82) is 0 Å². The molecule has 2 N–H and O–H groups in total. The van der Waals surface area contributed by atoms with Gasteiger partial charge in [-0.05, 0) is 52.0 Å². The molecule has 1 rings (SSSR count). The van der Waals surface area contributed by atoms with Crippen LogP contribution in [0.5, 0.6) is 0 Å². The molecular formula is C17H25N3O3. The summed E-state index contributed by atoms with van der Waals surface area (Å²) in [7, 11) is 3.27. The number of benzene rings is 1. The predicted molar refractivity (Wildman–Crippen MR) is 89.3 cm³/mol. The van der Waals surface area contributed by atoms with Crippen LogP contribution in [-0.4, -0.2) is 48.3 Å². The molecule has 0 aliphatic carbocycles. The summed E-state index contributed by atoms with van der Waals surface area (Å²) in [5.74, 6) is -0.726. The van der Waals surface area contributed by atoms with E-state index in [2.05, 4.69) is 10.6 Å². The third-order valence-corrected chi connectivity index (χ3v) is 3.06. The van der Waals surface area contributed by atoms with Crippen molar-refractivity contribution in [2.24, 2.45) is 0 Å². The highest BCUT2D eigenvalue weighted by Crippen LogP contribution is 2.08. The van der Waals surface area contributed by atoms with Gasteiger partial charge in [0.25, 0.3) is 11.8 Å². The van der Waals surface area contributed by atoms with E-state index in [0.717, 1.165) is 0 Å². The molecule has 6 heteroatoms. The summed E-state index contributed by atoms with van der Waals surface area (Å²) in [6.07, 6.45) is 0. The minimum atomic E-state index is -0.610. The van der Waals surface area contributed by atoms with Crippen LogP contribution in [0.1, 0.15) is 48.4 Å². The standard InChI is InChI=1S/C17H25N3O3/c1-11(16(23)20(5)6)18-14(21)12-7-9-13(10-8-12)15(22)19-17(2,3)4/h7-11H,1-6H3,(H,18,21)(H,19,22). The monoisotopic (exact) mass is 319 g/mol. The van der Waals surface area contributed by atoms with Crippen LogP contribution in [-0.2, 0) is 4.79 Å². The molecule has 0 fully saturated rings. The first-order valence-corrected chi connectivity index (χ1v) is 7.46. The molecule has 1 aromatic carbocycles. The van der Waals surface area contributed by atoms with Gasteiger partial charge in [-0.1, -0.05) is 0 Å². The third-order valence-electron chi connectivity index (χ3n) is 3.06. The average Bonchev–Trinajstić information content (AvgIpc) is 2.44. The molecule has 0 saturated heterocycles. The Morgan fingerprint density at radius 3 is 1.78 bits per heavy atom. The lowest BCUT2D eigenvalue weighted by Crippen LogP contribution is -2.44. The van der Waals surface area contributed by atoms with Gasteiger partial charge in [0.1, 0.15) is 6.04 Å². The SMILES string of the molecule is CC(NC(=O)c1ccc(C(=O)NC(C)(C)C)cc1)C(=O)N(C)C. The maximum absolute atomic E-state index is 12.1. The molecular weight excluding hydrogens is 294 g/mol. The summed E-state index contributed by atoms with van der Waals surface area (Å²) in [5.41, 5.74) is 0.555. The molecule has 0 saturated carbocycles. The van der Waals surface area contributed by atoms with Crippen molar-refractivity contribution in [3.05, 3.63) is 35.4 Å². The Morgan fingerprint density at radius 2 is 1.39 bits per heavy atom. The van der Waals surface area contributed by atoms with Gasteiger partial charge in [-0.25, -0.2) is 0 Å². The maximum atomic E-state index is 12.1. The molecule has 23 heavy (non-hydrogen) atoms. The van der Waals surface area contributed by atoms with E-state index in [-0.39, 0.29) is 23.3 Å². The fourth-order valence-electron chi connectivity index (χ4n) is 1.91. The minimum absolute atomic E-state index is 0.181. The molecule has 1 aromatic rings. The number of hydrogen-bond acceptors (Lipinski definition) is 3. The van der Waals surface area contributed by atoms with Crippen molar-refractivity contribution in [3.63, 3.8) is 0 Å². The molecule has 0 bridgehead atoms. The molecule has 0 radical (unpaired) electrons. The van der Waals surface area contributed by atoms with E-state index in [1.807, 2.05) is 20.8 Å². The molecule has 1 atom stereocenters. The molecule has 1 unspecified atom stereocenters. The van der Waals surface area contributed by atoms with Gasteiger partial charge in [0, 0.05) is 30.8 Å². The highest BCUT2D eigenvalue weighted by molar-refractivity contribution is 5.99. The van der Waals surface area contributed by atoms with Crippen molar-refractivity contribution in [1.82, 2.24) is 15.5 Å². The van der Waals surface area contributed by atoms with Crippen LogP contribution >= 0.6 is 0 Å². The first-order valence-electron chi connectivity index (χ1n) is 7.46. The summed E-state index contributed by atoms with van der Waals surface area (Å²) in [6.45, 7) is 7.33. The van der Waals surface area contributed by atoms with E-state index >= 15 is 0 Å². The fraction of sp³-hybridized carbons (Fsp3) is 0.471. The van der Waals surface area contributed by atoms with Crippen molar-refractivity contribution in [2.75, 3.05) is 14.1 Å². The number of amides is 3. The Morgan fingerprint density at radius 1 is 0.957 bits per heavy atom. The Hall–Kier alpha value is -2.37. The Bertz CT molecular complexity index is 586. The van der Waals surface area contributed by atoms with Crippen LogP contribution in [0.2, 0.25) is 0 Å². The third kappa shape index (κ3) is 5.73.